The Morgan fingerprint density at radius 2 is 1.88 bits per heavy atom. The maximum absolute atomic E-state index is 12.0. The number of esters is 2. The van der Waals surface area contributed by atoms with Gasteiger partial charge in [-0.1, -0.05) is 24.3 Å². The third-order valence-electron chi connectivity index (χ3n) is 3.36. The monoisotopic (exact) mass is 385 g/mol. The zero-order valence-electron chi connectivity index (χ0n) is 12.7. The van der Waals surface area contributed by atoms with E-state index in [9.17, 15) is 9.59 Å². The predicted octanol–water partition coefficient (Wildman–Crippen LogP) is 3.58. The minimum absolute atomic E-state index is 0.201. The Morgan fingerprint density at radius 1 is 1.17 bits per heavy atom. The molecule has 1 aliphatic rings. The fourth-order valence-electron chi connectivity index (χ4n) is 2.15. The van der Waals surface area contributed by atoms with E-state index < -0.39 is 11.9 Å². The molecule has 5 nitrogen and oxygen atoms in total. The second kappa shape index (κ2) is 6.80. The second-order valence-electron chi connectivity index (χ2n) is 4.93. The zero-order valence-corrected chi connectivity index (χ0v) is 14.2. The van der Waals surface area contributed by atoms with E-state index in [4.69, 9.17) is 4.74 Å². The molecule has 0 atom stereocenters. The second-order valence-corrected chi connectivity index (χ2v) is 5.78. The first kappa shape index (κ1) is 16.1. The highest BCUT2D eigenvalue weighted by molar-refractivity contribution is 9.10. The Kier molecular flexibility index (Phi) is 4.57. The molecule has 0 aliphatic carbocycles. The molecule has 0 amide bonds. The van der Waals surface area contributed by atoms with Crippen LogP contribution in [0.1, 0.15) is 21.5 Å². The van der Waals surface area contributed by atoms with Crippen LogP contribution in [0.2, 0.25) is 0 Å². The summed E-state index contributed by atoms with van der Waals surface area (Å²) in [7, 11) is 1.32. The molecule has 0 aromatic heterocycles. The number of benzene rings is 2. The number of aliphatic imine (C=N–C) groups is 1. The van der Waals surface area contributed by atoms with Crippen molar-refractivity contribution in [1.82, 2.24) is 0 Å². The van der Waals surface area contributed by atoms with Crippen LogP contribution in [0.15, 0.2) is 63.7 Å². The lowest BCUT2D eigenvalue weighted by atomic mass is 10.1. The molecule has 0 bridgehead atoms. The summed E-state index contributed by atoms with van der Waals surface area (Å²) < 4.78 is 10.7. The molecule has 120 valence electrons. The maximum Gasteiger partial charge on any atom is 0.363 e. The van der Waals surface area contributed by atoms with Crippen molar-refractivity contribution in [2.24, 2.45) is 4.99 Å². The molecule has 0 N–H and O–H groups in total. The Bertz CT molecular complexity index is 869. The van der Waals surface area contributed by atoms with Crippen LogP contribution in [0.5, 0.6) is 0 Å². The highest BCUT2D eigenvalue weighted by Crippen LogP contribution is 2.24. The lowest BCUT2D eigenvalue weighted by molar-refractivity contribution is -0.129. The van der Waals surface area contributed by atoms with Gasteiger partial charge in [-0.25, -0.2) is 14.6 Å². The third kappa shape index (κ3) is 3.28. The first-order chi connectivity index (χ1) is 11.6. The molecular weight excluding hydrogens is 374 g/mol. The topological polar surface area (TPSA) is 65.0 Å². The van der Waals surface area contributed by atoms with Gasteiger partial charge in [-0.2, -0.15) is 0 Å². The van der Waals surface area contributed by atoms with E-state index in [-0.39, 0.29) is 11.6 Å². The van der Waals surface area contributed by atoms with Gasteiger partial charge in [0.2, 0.25) is 5.90 Å². The first-order valence-corrected chi connectivity index (χ1v) is 7.83. The minimum Gasteiger partial charge on any atom is -0.465 e. The van der Waals surface area contributed by atoms with E-state index >= 15 is 0 Å². The maximum atomic E-state index is 12.0. The lowest BCUT2D eigenvalue weighted by Crippen LogP contribution is -2.05. The predicted molar refractivity (Wildman–Crippen MR) is 92.5 cm³/mol. The van der Waals surface area contributed by atoms with E-state index in [1.807, 2.05) is 24.3 Å². The van der Waals surface area contributed by atoms with Crippen LogP contribution in [-0.2, 0) is 14.3 Å². The smallest absolute Gasteiger partial charge is 0.363 e. The van der Waals surface area contributed by atoms with Gasteiger partial charge in [0, 0.05) is 4.47 Å². The summed E-state index contributed by atoms with van der Waals surface area (Å²) in [6.07, 6.45) is 1.60. The highest BCUT2D eigenvalue weighted by atomic mass is 79.9. The lowest BCUT2D eigenvalue weighted by Gasteiger charge is -2.01. The van der Waals surface area contributed by atoms with Gasteiger partial charge in [0.05, 0.1) is 18.2 Å². The van der Waals surface area contributed by atoms with Gasteiger partial charge in [-0.05, 0) is 51.8 Å². The zero-order chi connectivity index (χ0) is 17.1. The van der Waals surface area contributed by atoms with Gasteiger partial charge in [-0.3, -0.25) is 0 Å². The number of ether oxygens (including phenoxy) is 2. The van der Waals surface area contributed by atoms with Crippen molar-refractivity contribution in [1.29, 1.82) is 0 Å². The third-order valence-corrected chi connectivity index (χ3v) is 4.05. The van der Waals surface area contributed by atoms with E-state index in [2.05, 4.69) is 25.7 Å². The summed E-state index contributed by atoms with van der Waals surface area (Å²) in [6, 6.07) is 14.0. The average molecular weight is 386 g/mol. The molecule has 0 radical (unpaired) electrons. The van der Waals surface area contributed by atoms with Crippen LogP contribution in [0.25, 0.3) is 6.08 Å². The SMILES string of the molecule is COC(=O)c1ccc(/C=C2/N=C(c3ccccc3Br)OC2=O)cc1. The number of hydrogen-bond acceptors (Lipinski definition) is 5. The van der Waals surface area contributed by atoms with Gasteiger partial charge >= 0.3 is 11.9 Å². The van der Waals surface area contributed by atoms with Gasteiger partial charge in [0.25, 0.3) is 0 Å². The van der Waals surface area contributed by atoms with Crippen LogP contribution < -0.4 is 0 Å². The largest absolute Gasteiger partial charge is 0.465 e. The van der Waals surface area contributed by atoms with E-state index in [1.54, 1.807) is 30.3 Å². The number of rotatable bonds is 3. The van der Waals surface area contributed by atoms with E-state index in [0.717, 1.165) is 10.0 Å². The molecule has 0 saturated carbocycles. The van der Waals surface area contributed by atoms with Gasteiger partial charge < -0.3 is 9.47 Å². The summed E-state index contributed by atoms with van der Waals surface area (Å²) >= 11 is 3.41. The van der Waals surface area contributed by atoms with Gasteiger partial charge in [0.15, 0.2) is 5.70 Å². The van der Waals surface area contributed by atoms with Crippen molar-refractivity contribution in [3.8, 4) is 0 Å². The van der Waals surface area contributed by atoms with Crippen LogP contribution in [0.3, 0.4) is 0 Å². The Balaban J connectivity index is 1.89. The molecule has 1 aliphatic heterocycles. The summed E-state index contributed by atoms with van der Waals surface area (Å²) in [5.74, 6) is -0.675. The van der Waals surface area contributed by atoms with E-state index in [0.29, 0.717) is 11.1 Å². The van der Waals surface area contributed by atoms with E-state index in [1.165, 1.54) is 7.11 Å². The van der Waals surface area contributed by atoms with Gasteiger partial charge in [0.1, 0.15) is 0 Å². The summed E-state index contributed by atoms with van der Waals surface area (Å²) in [5.41, 5.74) is 2.07. The molecule has 0 saturated heterocycles. The molecule has 6 heteroatoms. The molecule has 3 rings (SSSR count). The van der Waals surface area contributed by atoms with Crippen molar-refractivity contribution >= 4 is 39.8 Å². The van der Waals surface area contributed by atoms with Crippen LogP contribution >= 0.6 is 15.9 Å². The van der Waals surface area contributed by atoms with Crippen molar-refractivity contribution in [2.45, 2.75) is 0 Å². The molecule has 2 aromatic rings. The number of carbonyl (C=O) groups is 2. The summed E-state index contributed by atoms with van der Waals surface area (Å²) in [4.78, 5) is 27.7. The Labute approximate surface area is 146 Å². The Hall–Kier alpha value is -2.73. The van der Waals surface area contributed by atoms with Crippen molar-refractivity contribution in [2.75, 3.05) is 7.11 Å². The number of nitrogens with zero attached hydrogens (tertiary/aromatic N) is 1. The van der Waals surface area contributed by atoms with Crippen molar-refractivity contribution < 1.29 is 19.1 Å². The first-order valence-electron chi connectivity index (χ1n) is 7.04. The standard InChI is InChI=1S/C18H12BrNO4/c1-23-17(21)12-8-6-11(7-9-12)10-15-18(22)24-16(20-15)13-4-2-3-5-14(13)19/h2-10H,1H3/b15-10+. The average Bonchev–Trinajstić information content (AvgIpc) is 2.95. The Morgan fingerprint density at radius 3 is 2.54 bits per heavy atom. The number of cyclic esters (lactones) is 1. The molecule has 24 heavy (non-hydrogen) atoms. The number of carbonyl (C=O) groups excluding carboxylic acids is 2. The molecular formula is C18H12BrNO4. The van der Waals surface area contributed by atoms with Crippen LogP contribution in [0.4, 0.5) is 0 Å². The fraction of sp³-hybridized carbons (Fsp3) is 0.0556. The normalized spacial score (nSPS) is 15.2. The number of hydrogen-bond donors (Lipinski definition) is 0. The quantitative estimate of drug-likeness (QED) is 0.598. The number of halogens is 1. The fourth-order valence-corrected chi connectivity index (χ4v) is 2.60. The molecule has 0 unspecified atom stereocenters. The minimum atomic E-state index is -0.516. The van der Waals surface area contributed by atoms with Crippen LogP contribution in [0, 0.1) is 0 Å². The van der Waals surface area contributed by atoms with Crippen molar-refractivity contribution in [3.63, 3.8) is 0 Å². The molecule has 0 spiro atoms. The highest BCUT2D eigenvalue weighted by Gasteiger charge is 2.25. The summed E-state index contributed by atoms with van der Waals surface area (Å²) in [6.45, 7) is 0. The van der Waals surface area contributed by atoms with Crippen LogP contribution in [-0.4, -0.2) is 24.9 Å². The van der Waals surface area contributed by atoms with Gasteiger partial charge in [-0.15, -0.1) is 0 Å². The summed E-state index contributed by atoms with van der Waals surface area (Å²) in [5, 5.41) is 0. The molecule has 1 heterocycles. The number of methoxy groups -OCH3 is 1. The molecule has 0 fully saturated rings. The molecule has 2 aromatic carbocycles. The van der Waals surface area contributed by atoms with Crippen molar-refractivity contribution in [3.05, 3.63) is 75.4 Å².